The molecule has 1 aromatic carbocycles. The lowest BCUT2D eigenvalue weighted by atomic mass is 10.1. The summed E-state index contributed by atoms with van der Waals surface area (Å²) in [6.07, 6.45) is 2.47. The average molecular weight is 245 g/mol. The normalized spacial score (nSPS) is 17.9. The smallest absolute Gasteiger partial charge is 0.0517 e. The highest BCUT2D eigenvalue weighted by atomic mass is 15.0. The van der Waals surface area contributed by atoms with E-state index in [0.717, 1.165) is 31.9 Å². The van der Waals surface area contributed by atoms with Crippen LogP contribution in [0.25, 0.3) is 0 Å². The van der Waals surface area contributed by atoms with E-state index in [0.29, 0.717) is 6.04 Å². The van der Waals surface area contributed by atoms with E-state index in [1.165, 1.54) is 18.4 Å². The lowest BCUT2D eigenvalue weighted by molar-refractivity contribution is 0.391. The Morgan fingerprint density at radius 2 is 2.00 bits per heavy atom. The van der Waals surface area contributed by atoms with E-state index in [4.69, 9.17) is 0 Å². The van der Waals surface area contributed by atoms with E-state index in [2.05, 4.69) is 46.8 Å². The van der Waals surface area contributed by atoms with Crippen molar-refractivity contribution in [1.29, 1.82) is 0 Å². The number of nitrogens with zero attached hydrogens (tertiary/aromatic N) is 1. The van der Waals surface area contributed by atoms with E-state index in [9.17, 15) is 0 Å². The van der Waals surface area contributed by atoms with Crippen LogP contribution in [-0.4, -0.2) is 37.9 Å². The third kappa shape index (κ3) is 4.24. The van der Waals surface area contributed by atoms with Crippen molar-refractivity contribution in [1.82, 2.24) is 10.6 Å². The van der Waals surface area contributed by atoms with Crippen LogP contribution < -0.4 is 10.6 Å². The fourth-order valence-electron chi connectivity index (χ4n) is 2.29. The number of benzene rings is 1. The molecule has 0 bridgehead atoms. The molecule has 0 atom stereocenters. The van der Waals surface area contributed by atoms with Crippen LogP contribution in [0.3, 0.4) is 0 Å². The third-order valence-electron chi connectivity index (χ3n) is 3.42. The molecule has 0 saturated carbocycles. The van der Waals surface area contributed by atoms with Crippen LogP contribution >= 0.6 is 0 Å². The van der Waals surface area contributed by atoms with Crippen molar-refractivity contribution in [3.63, 3.8) is 0 Å². The Morgan fingerprint density at radius 1 is 1.28 bits per heavy atom. The van der Waals surface area contributed by atoms with Gasteiger partial charge in [0.05, 0.1) is 6.54 Å². The standard InChI is InChI=1S/C15H23N3/c1-13(14-5-3-2-4-6-14)17-11-12-18-15-7-9-16-10-8-15/h2-6,15-16,18H,7-12H2,1H3. The average Bonchev–Trinajstić information content (AvgIpc) is 2.45. The quantitative estimate of drug-likeness (QED) is 0.613. The van der Waals surface area contributed by atoms with Gasteiger partial charge in [-0.3, -0.25) is 4.99 Å². The summed E-state index contributed by atoms with van der Waals surface area (Å²) in [5.41, 5.74) is 2.35. The molecule has 18 heavy (non-hydrogen) atoms. The summed E-state index contributed by atoms with van der Waals surface area (Å²) in [5, 5.41) is 6.96. The molecule has 0 spiro atoms. The highest BCUT2D eigenvalue weighted by molar-refractivity contribution is 5.98. The third-order valence-corrected chi connectivity index (χ3v) is 3.42. The Labute approximate surface area is 110 Å². The van der Waals surface area contributed by atoms with Crippen molar-refractivity contribution in [2.75, 3.05) is 26.2 Å². The van der Waals surface area contributed by atoms with E-state index in [-0.39, 0.29) is 0 Å². The van der Waals surface area contributed by atoms with Crippen molar-refractivity contribution in [2.45, 2.75) is 25.8 Å². The molecule has 1 fully saturated rings. The number of aliphatic imine (C=N–C) groups is 1. The minimum Gasteiger partial charge on any atom is -0.317 e. The minimum absolute atomic E-state index is 0.679. The molecule has 0 aromatic heterocycles. The van der Waals surface area contributed by atoms with Gasteiger partial charge in [-0.2, -0.15) is 0 Å². The second kappa shape index (κ2) is 7.29. The van der Waals surface area contributed by atoms with E-state index in [1.54, 1.807) is 0 Å². The zero-order valence-corrected chi connectivity index (χ0v) is 11.2. The van der Waals surface area contributed by atoms with Crippen molar-refractivity contribution in [2.24, 2.45) is 4.99 Å². The monoisotopic (exact) mass is 245 g/mol. The second-order valence-corrected chi connectivity index (χ2v) is 4.81. The maximum atomic E-state index is 4.62. The summed E-state index contributed by atoms with van der Waals surface area (Å²) < 4.78 is 0. The van der Waals surface area contributed by atoms with Gasteiger partial charge in [-0.05, 0) is 38.4 Å². The summed E-state index contributed by atoms with van der Waals surface area (Å²) in [6.45, 7) is 6.22. The summed E-state index contributed by atoms with van der Waals surface area (Å²) >= 11 is 0. The van der Waals surface area contributed by atoms with Crippen molar-refractivity contribution >= 4 is 5.71 Å². The molecular weight excluding hydrogens is 222 g/mol. The van der Waals surface area contributed by atoms with Crippen LogP contribution in [0.15, 0.2) is 35.3 Å². The lowest BCUT2D eigenvalue weighted by Crippen LogP contribution is -2.40. The van der Waals surface area contributed by atoms with Gasteiger partial charge in [-0.25, -0.2) is 0 Å². The zero-order chi connectivity index (χ0) is 12.6. The van der Waals surface area contributed by atoms with Gasteiger partial charge in [0.2, 0.25) is 0 Å². The highest BCUT2D eigenvalue weighted by Crippen LogP contribution is 2.02. The summed E-state index contributed by atoms with van der Waals surface area (Å²) in [6, 6.07) is 11.1. The molecule has 1 heterocycles. The summed E-state index contributed by atoms with van der Waals surface area (Å²) in [5.74, 6) is 0. The van der Waals surface area contributed by atoms with Gasteiger partial charge in [0.25, 0.3) is 0 Å². The SMILES string of the molecule is CC(=NCCNC1CCNCC1)c1ccccc1. The Hall–Kier alpha value is -1.19. The molecule has 0 aliphatic carbocycles. The predicted molar refractivity (Wildman–Crippen MR) is 77.4 cm³/mol. The summed E-state index contributed by atoms with van der Waals surface area (Å²) in [7, 11) is 0. The van der Waals surface area contributed by atoms with Crippen LogP contribution in [0.5, 0.6) is 0 Å². The van der Waals surface area contributed by atoms with E-state index >= 15 is 0 Å². The molecule has 2 N–H and O–H groups in total. The van der Waals surface area contributed by atoms with Gasteiger partial charge in [-0.1, -0.05) is 30.3 Å². The molecule has 1 aliphatic heterocycles. The van der Waals surface area contributed by atoms with Gasteiger partial charge in [0.15, 0.2) is 0 Å². The first kappa shape index (κ1) is 13.2. The molecular formula is C15H23N3. The number of piperidine rings is 1. The first-order chi connectivity index (χ1) is 8.86. The van der Waals surface area contributed by atoms with Crippen molar-refractivity contribution in [3.05, 3.63) is 35.9 Å². The molecule has 3 nitrogen and oxygen atoms in total. The Kier molecular flexibility index (Phi) is 5.36. The number of nitrogens with one attached hydrogen (secondary N) is 2. The van der Waals surface area contributed by atoms with Gasteiger partial charge >= 0.3 is 0 Å². The van der Waals surface area contributed by atoms with E-state index in [1.807, 2.05) is 6.07 Å². The molecule has 1 saturated heterocycles. The van der Waals surface area contributed by atoms with Crippen LogP contribution in [0.1, 0.15) is 25.3 Å². The first-order valence-electron chi connectivity index (χ1n) is 6.87. The molecule has 98 valence electrons. The predicted octanol–water partition coefficient (Wildman–Crippen LogP) is 1.84. The molecule has 1 aliphatic rings. The van der Waals surface area contributed by atoms with E-state index < -0.39 is 0 Å². The van der Waals surface area contributed by atoms with Crippen LogP contribution in [0.4, 0.5) is 0 Å². The Morgan fingerprint density at radius 3 is 2.72 bits per heavy atom. The van der Waals surface area contributed by atoms with Gasteiger partial charge in [0, 0.05) is 18.3 Å². The van der Waals surface area contributed by atoms with Crippen LogP contribution in [0, 0.1) is 0 Å². The zero-order valence-electron chi connectivity index (χ0n) is 11.2. The first-order valence-corrected chi connectivity index (χ1v) is 6.87. The van der Waals surface area contributed by atoms with Crippen LogP contribution in [-0.2, 0) is 0 Å². The van der Waals surface area contributed by atoms with Gasteiger partial charge in [0.1, 0.15) is 0 Å². The molecule has 0 amide bonds. The Balaban J connectivity index is 1.70. The molecule has 2 rings (SSSR count). The largest absolute Gasteiger partial charge is 0.317 e. The molecule has 0 unspecified atom stereocenters. The lowest BCUT2D eigenvalue weighted by Gasteiger charge is -2.23. The molecule has 0 radical (unpaired) electrons. The number of rotatable bonds is 5. The van der Waals surface area contributed by atoms with Crippen molar-refractivity contribution < 1.29 is 0 Å². The molecule has 3 heteroatoms. The fraction of sp³-hybridized carbons (Fsp3) is 0.533. The second-order valence-electron chi connectivity index (χ2n) is 4.81. The summed E-state index contributed by atoms with van der Waals surface area (Å²) in [4.78, 5) is 4.62. The Bertz CT molecular complexity index is 367. The van der Waals surface area contributed by atoms with Crippen molar-refractivity contribution in [3.8, 4) is 0 Å². The minimum atomic E-state index is 0.679. The maximum Gasteiger partial charge on any atom is 0.0517 e. The maximum absolute atomic E-state index is 4.62. The highest BCUT2D eigenvalue weighted by Gasteiger charge is 2.10. The number of hydrogen-bond donors (Lipinski definition) is 2. The molecule has 1 aromatic rings. The van der Waals surface area contributed by atoms with Gasteiger partial charge < -0.3 is 10.6 Å². The number of hydrogen-bond acceptors (Lipinski definition) is 3. The van der Waals surface area contributed by atoms with Gasteiger partial charge in [-0.15, -0.1) is 0 Å². The topological polar surface area (TPSA) is 36.4 Å². The van der Waals surface area contributed by atoms with Crippen LogP contribution in [0.2, 0.25) is 0 Å². The fourth-order valence-corrected chi connectivity index (χ4v) is 2.29.